The van der Waals surface area contributed by atoms with Crippen molar-refractivity contribution in [3.05, 3.63) is 70.1 Å². The van der Waals surface area contributed by atoms with Crippen LogP contribution in [0.3, 0.4) is 0 Å². The Kier molecular flexibility index (Phi) is 5.80. The second kappa shape index (κ2) is 8.27. The number of methoxy groups -OCH3 is 1. The van der Waals surface area contributed by atoms with Crippen LogP contribution in [-0.4, -0.2) is 23.0 Å². The zero-order valence-corrected chi connectivity index (χ0v) is 16.9. The highest BCUT2D eigenvalue weighted by molar-refractivity contribution is 6.32. The number of aromatic nitrogens is 2. The average molecular weight is 397 g/mol. The number of carbonyl (C=O) groups excluding carboxylic acids is 1. The predicted molar refractivity (Wildman–Crippen MR) is 112 cm³/mol. The molecule has 0 aliphatic heterocycles. The Balaban J connectivity index is 1.82. The molecular formula is C21H21ClN4O2. The summed E-state index contributed by atoms with van der Waals surface area (Å²) in [6.07, 6.45) is 0. The van der Waals surface area contributed by atoms with E-state index in [1.165, 1.54) is 7.11 Å². The first kappa shape index (κ1) is 19.6. The van der Waals surface area contributed by atoms with Crippen molar-refractivity contribution >= 4 is 34.7 Å². The number of ether oxygens (including phenoxy) is 1. The van der Waals surface area contributed by atoms with E-state index in [2.05, 4.69) is 26.7 Å². The van der Waals surface area contributed by atoms with Gasteiger partial charge in [0, 0.05) is 17.4 Å². The number of hydrogen-bond acceptors (Lipinski definition) is 5. The lowest BCUT2D eigenvalue weighted by molar-refractivity contribution is 0.102. The molecule has 0 bridgehead atoms. The Bertz CT molecular complexity index is 1020. The van der Waals surface area contributed by atoms with Crippen molar-refractivity contribution in [2.45, 2.75) is 20.8 Å². The lowest BCUT2D eigenvalue weighted by Gasteiger charge is -2.11. The highest BCUT2D eigenvalue weighted by Gasteiger charge is 2.12. The van der Waals surface area contributed by atoms with Crippen molar-refractivity contribution in [3.63, 3.8) is 0 Å². The fourth-order valence-corrected chi connectivity index (χ4v) is 3.14. The molecule has 0 aliphatic rings. The van der Waals surface area contributed by atoms with Crippen LogP contribution in [0.2, 0.25) is 5.02 Å². The molecule has 7 heteroatoms. The first-order valence-corrected chi connectivity index (χ1v) is 9.08. The van der Waals surface area contributed by atoms with Crippen LogP contribution in [0, 0.1) is 20.8 Å². The third-order valence-electron chi connectivity index (χ3n) is 3.97. The summed E-state index contributed by atoms with van der Waals surface area (Å²) in [4.78, 5) is 21.3. The van der Waals surface area contributed by atoms with E-state index in [1.54, 1.807) is 31.2 Å². The molecule has 1 heterocycles. The Morgan fingerprint density at radius 2 is 1.68 bits per heavy atom. The van der Waals surface area contributed by atoms with Crippen LogP contribution in [0.25, 0.3) is 0 Å². The standard InChI is InChI=1S/C21H21ClN4O2/c1-12-7-13(2)9-16(8-12)25-20-11-18(23-14(3)24-20)21(27)26-15-5-6-19(28-4)17(22)10-15/h5-11H,1-4H3,(H,26,27)(H,23,24,25). The Hall–Kier alpha value is -3.12. The first-order chi connectivity index (χ1) is 13.3. The van der Waals surface area contributed by atoms with Gasteiger partial charge in [-0.2, -0.15) is 0 Å². The third kappa shape index (κ3) is 4.78. The largest absolute Gasteiger partial charge is 0.495 e. The molecule has 0 saturated carbocycles. The molecule has 1 aromatic heterocycles. The second-order valence-electron chi connectivity index (χ2n) is 6.49. The summed E-state index contributed by atoms with van der Waals surface area (Å²) in [7, 11) is 1.54. The lowest BCUT2D eigenvalue weighted by atomic mass is 10.1. The van der Waals surface area contributed by atoms with Gasteiger partial charge in [0.05, 0.1) is 12.1 Å². The molecule has 3 aromatic rings. The Morgan fingerprint density at radius 1 is 0.964 bits per heavy atom. The normalized spacial score (nSPS) is 10.5. The molecule has 3 rings (SSSR count). The van der Waals surface area contributed by atoms with Gasteiger partial charge in [-0.3, -0.25) is 4.79 Å². The van der Waals surface area contributed by atoms with Gasteiger partial charge in [0.1, 0.15) is 23.1 Å². The van der Waals surface area contributed by atoms with Crippen LogP contribution in [0.15, 0.2) is 42.5 Å². The molecule has 0 radical (unpaired) electrons. The van der Waals surface area contributed by atoms with Crippen LogP contribution in [0.4, 0.5) is 17.2 Å². The maximum Gasteiger partial charge on any atom is 0.274 e. The van der Waals surface area contributed by atoms with Gasteiger partial charge in [-0.15, -0.1) is 0 Å². The fraction of sp³-hybridized carbons (Fsp3) is 0.190. The molecule has 0 fully saturated rings. The molecule has 1 amide bonds. The van der Waals surface area contributed by atoms with E-state index in [0.29, 0.717) is 28.1 Å². The number of amides is 1. The minimum absolute atomic E-state index is 0.256. The number of carbonyl (C=O) groups is 1. The molecule has 0 unspecified atom stereocenters. The molecule has 0 atom stereocenters. The van der Waals surface area contributed by atoms with E-state index in [4.69, 9.17) is 16.3 Å². The number of nitrogens with one attached hydrogen (secondary N) is 2. The number of nitrogens with zero attached hydrogens (tertiary/aromatic N) is 2. The fourth-order valence-electron chi connectivity index (χ4n) is 2.88. The van der Waals surface area contributed by atoms with E-state index in [1.807, 2.05) is 26.0 Å². The van der Waals surface area contributed by atoms with Gasteiger partial charge in [0.25, 0.3) is 5.91 Å². The number of benzene rings is 2. The van der Waals surface area contributed by atoms with Crippen molar-refractivity contribution in [1.82, 2.24) is 9.97 Å². The first-order valence-electron chi connectivity index (χ1n) is 8.70. The monoisotopic (exact) mass is 396 g/mol. The molecule has 2 aromatic carbocycles. The number of anilines is 3. The summed E-state index contributed by atoms with van der Waals surface area (Å²) in [6, 6.07) is 12.8. The van der Waals surface area contributed by atoms with E-state index < -0.39 is 0 Å². The highest BCUT2D eigenvalue weighted by atomic mass is 35.5. The Labute approximate surface area is 168 Å². The van der Waals surface area contributed by atoms with Crippen LogP contribution < -0.4 is 15.4 Å². The van der Waals surface area contributed by atoms with Crippen molar-refractivity contribution in [1.29, 1.82) is 0 Å². The second-order valence-corrected chi connectivity index (χ2v) is 6.90. The van der Waals surface area contributed by atoms with Crippen molar-refractivity contribution < 1.29 is 9.53 Å². The number of hydrogen-bond donors (Lipinski definition) is 2. The van der Waals surface area contributed by atoms with Gasteiger partial charge in [0.15, 0.2) is 0 Å². The predicted octanol–water partition coefficient (Wildman–Crippen LogP) is 5.06. The van der Waals surface area contributed by atoms with Gasteiger partial charge in [0.2, 0.25) is 0 Å². The van der Waals surface area contributed by atoms with E-state index in [0.717, 1.165) is 16.8 Å². The van der Waals surface area contributed by atoms with Crippen molar-refractivity contribution in [3.8, 4) is 5.75 Å². The maximum absolute atomic E-state index is 12.6. The summed E-state index contributed by atoms with van der Waals surface area (Å²) < 4.78 is 5.12. The molecule has 0 aliphatic carbocycles. The quantitative estimate of drug-likeness (QED) is 0.630. The topological polar surface area (TPSA) is 76.1 Å². The average Bonchev–Trinajstić information content (AvgIpc) is 2.60. The van der Waals surface area contributed by atoms with Gasteiger partial charge in [-0.05, 0) is 62.2 Å². The van der Waals surface area contributed by atoms with Gasteiger partial charge in [-0.1, -0.05) is 17.7 Å². The van der Waals surface area contributed by atoms with E-state index in [9.17, 15) is 4.79 Å². The highest BCUT2D eigenvalue weighted by Crippen LogP contribution is 2.27. The number of halogens is 1. The molecule has 0 saturated heterocycles. The van der Waals surface area contributed by atoms with Gasteiger partial charge in [-0.25, -0.2) is 9.97 Å². The van der Waals surface area contributed by atoms with Crippen LogP contribution in [-0.2, 0) is 0 Å². The maximum atomic E-state index is 12.6. The summed E-state index contributed by atoms with van der Waals surface area (Å²) in [5.41, 5.74) is 4.00. The van der Waals surface area contributed by atoms with Crippen LogP contribution >= 0.6 is 11.6 Å². The van der Waals surface area contributed by atoms with E-state index >= 15 is 0 Å². The van der Waals surface area contributed by atoms with Gasteiger partial charge >= 0.3 is 0 Å². The zero-order valence-electron chi connectivity index (χ0n) is 16.1. The zero-order chi connectivity index (χ0) is 20.3. The SMILES string of the molecule is COc1ccc(NC(=O)c2cc(Nc3cc(C)cc(C)c3)nc(C)n2)cc1Cl. The van der Waals surface area contributed by atoms with Crippen molar-refractivity contribution in [2.24, 2.45) is 0 Å². The van der Waals surface area contributed by atoms with Crippen LogP contribution in [0.5, 0.6) is 5.75 Å². The molecule has 2 N–H and O–H groups in total. The molecule has 0 spiro atoms. The minimum Gasteiger partial charge on any atom is -0.495 e. The molecule has 144 valence electrons. The Morgan fingerprint density at radius 3 is 2.32 bits per heavy atom. The summed E-state index contributed by atoms with van der Waals surface area (Å²) in [5, 5.41) is 6.44. The third-order valence-corrected chi connectivity index (χ3v) is 4.27. The molecular weight excluding hydrogens is 376 g/mol. The van der Waals surface area contributed by atoms with Gasteiger partial charge < -0.3 is 15.4 Å². The number of rotatable bonds is 5. The van der Waals surface area contributed by atoms with E-state index in [-0.39, 0.29) is 11.6 Å². The summed E-state index contributed by atoms with van der Waals surface area (Å²) >= 11 is 6.11. The summed E-state index contributed by atoms with van der Waals surface area (Å²) in [5.74, 6) is 1.23. The molecule has 28 heavy (non-hydrogen) atoms. The minimum atomic E-state index is -0.352. The number of aryl methyl sites for hydroxylation is 3. The lowest BCUT2D eigenvalue weighted by Crippen LogP contribution is -2.15. The molecule has 6 nitrogen and oxygen atoms in total. The van der Waals surface area contributed by atoms with Crippen LogP contribution in [0.1, 0.15) is 27.4 Å². The van der Waals surface area contributed by atoms with Crippen molar-refractivity contribution in [2.75, 3.05) is 17.7 Å². The smallest absolute Gasteiger partial charge is 0.274 e. The summed E-state index contributed by atoms with van der Waals surface area (Å²) in [6.45, 7) is 5.80.